The zero-order chi connectivity index (χ0) is 13.1. The third-order valence-corrected chi connectivity index (χ3v) is 2.63. The molecule has 0 bridgehead atoms. The van der Waals surface area contributed by atoms with Crippen molar-refractivity contribution < 1.29 is 9.53 Å². The number of carbonyl (C=O) groups is 1. The summed E-state index contributed by atoms with van der Waals surface area (Å²) in [6, 6.07) is 8.71. The lowest BCUT2D eigenvalue weighted by Crippen LogP contribution is -2.07. The van der Waals surface area contributed by atoms with Crippen LogP contribution in [0.15, 0.2) is 36.5 Å². The summed E-state index contributed by atoms with van der Waals surface area (Å²) in [5.74, 6) is 0.732. The van der Waals surface area contributed by atoms with Gasteiger partial charge in [-0.25, -0.2) is 4.98 Å². The van der Waals surface area contributed by atoms with E-state index in [1.807, 2.05) is 6.92 Å². The Morgan fingerprint density at radius 1 is 1.33 bits per heavy atom. The molecule has 0 fully saturated rings. The van der Waals surface area contributed by atoms with E-state index in [1.165, 1.54) is 0 Å². The van der Waals surface area contributed by atoms with Gasteiger partial charge in [0.05, 0.1) is 12.7 Å². The van der Waals surface area contributed by atoms with Gasteiger partial charge < -0.3 is 10.5 Å². The van der Waals surface area contributed by atoms with Crippen LogP contribution in [0.25, 0.3) is 0 Å². The Labute approximate surface area is 105 Å². The Morgan fingerprint density at radius 3 is 2.83 bits per heavy atom. The predicted octanol–water partition coefficient (Wildman–Crippen LogP) is 2.21. The third kappa shape index (κ3) is 2.32. The molecule has 2 N–H and O–H groups in total. The largest absolute Gasteiger partial charge is 0.497 e. The lowest BCUT2D eigenvalue weighted by molar-refractivity contribution is 0.103. The van der Waals surface area contributed by atoms with E-state index in [1.54, 1.807) is 43.6 Å². The number of rotatable bonds is 3. The molecular formula is C14H14N2O2. The maximum Gasteiger partial charge on any atom is 0.196 e. The smallest absolute Gasteiger partial charge is 0.196 e. The van der Waals surface area contributed by atoms with Crippen LogP contribution in [0.2, 0.25) is 0 Å². The summed E-state index contributed by atoms with van der Waals surface area (Å²) in [4.78, 5) is 16.3. The molecule has 2 aromatic rings. The van der Waals surface area contributed by atoms with E-state index in [2.05, 4.69) is 4.98 Å². The van der Waals surface area contributed by atoms with Crippen LogP contribution in [-0.2, 0) is 0 Å². The van der Waals surface area contributed by atoms with Crippen molar-refractivity contribution >= 4 is 11.6 Å². The van der Waals surface area contributed by atoms with Crippen molar-refractivity contribution in [1.29, 1.82) is 0 Å². The Hall–Kier alpha value is -2.36. The third-order valence-electron chi connectivity index (χ3n) is 2.63. The highest BCUT2D eigenvalue weighted by Crippen LogP contribution is 2.19. The van der Waals surface area contributed by atoms with Gasteiger partial charge in [-0.2, -0.15) is 0 Å². The van der Waals surface area contributed by atoms with Crippen LogP contribution in [0, 0.1) is 6.92 Å². The van der Waals surface area contributed by atoms with E-state index in [0.717, 1.165) is 5.56 Å². The molecule has 0 aliphatic rings. The summed E-state index contributed by atoms with van der Waals surface area (Å²) in [6.45, 7) is 1.87. The van der Waals surface area contributed by atoms with Crippen molar-refractivity contribution in [2.24, 2.45) is 0 Å². The fourth-order valence-electron chi connectivity index (χ4n) is 1.68. The van der Waals surface area contributed by atoms with Crippen LogP contribution in [0.3, 0.4) is 0 Å². The fraction of sp³-hybridized carbons (Fsp3) is 0.143. The van der Waals surface area contributed by atoms with Gasteiger partial charge in [-0.3, -0.25) is 4.79 Å². The first-order valence-electron chi connectivity index (χ1n) is 5.52. The Bertz CT molecular complexity index is 594. The number of nitrogens with zero attached hydrogens (tertiary/aromatic N) is 1. The maximum absolute atomic E-state index is 12.3. The van der Waals surface area contributed by atoms with Crippen LogP contribution in [0.1, 0.15) is 21.5 Å². The van der Waals surface area contributed by atoms with Gasteiger partial charge in [0.2, 0.25) is 0 Å². The molecule has 0 aliphatic heterocycles. The number of ketones is 1. The number of nitrogens with two attached hydrogens (primary N) is 1. The topological polar surface area (TPSA) is 65.2 Å². The van der Waals surface area contributed by atoms with E-state index in [4.69, 9.17) is 10.5 Å². The van der Waals surface area contributed by atoms with Gasteiger partial charge in [-0.15, -0.1) is 0 Å². The summed E-state index contributed by atoms with van der Waals surface area (Å²) in [5, 5.41) is 0. The first kappa shape index (κ1) is 12.1. The number of aromatic nitrogens is 1. The minimum Gasteiger partial charge on any atom is -0.497 e. The average Bonchev–Trinajstić information content (AvgIpc) is 2.41. The van der Waals surface area contributed by atoms with E-state index in [0.29, 0.717) is 16.9 Å². The number of aryl methyl sites for hydroxylation is 1. The van der Waals surface area contributed by atoms with Crippen LogP contribution in [0.4, 0.5) is 5.82 Å². The highest BCUT2D eigenvalue weighted by atomic mass is 16.5. The Kier molecular flexibility index (Phi) is 3.28. The highest BCUT2D eigenvalue weighted by molar-refractivity contribution is 6.11. The molecule has 0 unspecified atom stereocenters. The van der Waals surface area contributed by atoms with E-state index in [9.17, 15) is 4.79 Å². The fourth-order valence-corrected chi connectivity index (χ4v) is 1.68. The van der Waals surface area contributed by atoms with Crippen molar-refractivity contribution in [3.05, 3.63) is 53.2 Å². The molecule has 1 aromatic heterocycles. The monoisotopic (exact) mass is 242 g/mol. The second kappa shape index (κ2) is 4.87. The summed E-state index contributed by atoms with van der Waals surface area (Å²) >= 11 is 0. The molecule has 0 saturated heterocycles. The van der Waals surface area contributed by atoms with E-state index < -0.39 is 0 Å². The molecule has 0 saturated carbocycles. The first-order chi connectivity index (χ1) is 8.61. The molecule has 1 aromatic carbocycles. The SMILES string of the molecule is COc1cccc(C(=O)c2cc(C)cnc2N)c1. The van der Waals surface area contributed by atoms with Gasteiger partial charge in [-0.1, -0.05) is 12.1 Å². The van der Waals surface area contributed by atoms with Gasteiger partial charge >= 0.3 is 0 Å². The summed E-state index contributed by atoms with van der Waals surface area (Å²) in [7, 11) is 1.56. The minimum atomic E-state index is -0.150. The Balaban J connectivity index is 2.44. The van der Waals surface area contributed by atoms with Crippen LogP contribution in [-0.4, -0.2) is 17.9 Å². The molecule has 1 heterocycles. The molecule has 0 atom stereocenters. The number of anilines is 1. The van der Waals surface area contributed by atoms with E-state index >= 15 is 0 Å². The number of pyridine rings is 1. The first-order valence-corrected chi connectivity index (χ1v) is 5.52. The number of carbonyl (C=O) groups excluding carboxylic acids is 1. The zero-order valence-corrected chi connectivity index (χ0v) is 10.3. The van der Waals surface area contributed by atoms with Crippen molar-refractivity contribution in [3.63, 3.8) is 0 Å². The maximum atomic E-state index is 12.3. The van der Waals surface area contributed by atoms with Crippen molar-refractivity contribution in [1.82, 2.24) is 4.98 Å². The van der Waals surface area contributed by atoms with E-state index in [-0.39, 0.29) is 11.6 Å². The Morgan fingerprint density at radius 2 is 2.11 bits per heavy atom. The quantitative estimate of drug-likeness (QED) is 0.838. The standard InChI is InChI=1S/C14H14N2O2/c1-9-6-12(14(15)16-8-9)13(17)10-4-3-5-11(7-10)18-2/h3-8H,1-2H3,(H2,15,16). The van der Waals surface area contributed by atoms with Crippen LogP contribution < -0.4 is 10.5 Å². The number of ether oxygens (including phenoxy) is 1. The van der Waals surface area contributed by atoms with Gasteiger partial charge in [0.25, 0.3) is 0 Å². The molecule has 18 heavy (non-hydrogen) atoms. The minimum absolute atomic E-state index is 0.150. The van der Waals surface area contributed by atoms with Crippen molar-refractivity contribution in [3.8, 4) is 5.75 Å². The van der Waals surface area contributed by atoms with Crippen LogP contribution in [0.5, 0.6) is 5.75 Å². The number of hydrogen-bond donors (Lipinski definition) is 1. The molecule has 0 spiro atoms. The molecular weight excluding hydrogens is 228 g/mol. The number of benzene rings is 1. The second-order valence-corrected chi connectivity index (χ2v) is 4.01. The molecule has 92 valence electrons. The highest BCUT2D eigenvalue weighted by Gasteiger charge is 2.14. The van der Waals surface area contributed by atoms with Crippen molar-refractivity contribution in [2.45, 2.75) is 6.92 Å². The summed E-state index contributed by atoms with van der Waals surface area (Å²) in [6.07, 6.45) is 1.64. The zero-order valence-electron chi connectivity index (χ0n) is 10.3. The van der Waals surface area contributed by atoms with Gasteiger partial charge in [-0.05, 0) is 30.7 Å². The summed E-state index contributed by atoms with van der Waals surface area (Å²) < 4.78 is 5.10. The lowest BCUT2D eigenvalue weighted by Gasteiger charge is -2.06. The number of hydrogen-bond acceptors (Lipinski definition) is 4. The number of nitrogen functional groups attached to an aromatic ring is 1. The second-order valence-electron chi connectivity index (χ2n) is 4.01. The molecule has 2 rings (SSSR count). The molecule has 0 amide bonds. The molecule has 4 heteroatoms. The lowest BCUT2D eigenvalue weighted by atomic mass is 10.0. The van der Waals surface area contributed by atoms with Gasteiger partial charge in [0.15, 0.2) is 5.78 Å². The predicted molar refractivity (Wildman–Crippen MR) is 69.8 cm³/mol. The summed E-state index contributed by atoms with van der Waals surface area (Å²) in [5.41, 5.74) is 7.59. The average molecular weight is 242 g/mol. The van der Waals surface area contributed by atoms with Crippen molar-refractivity contribution in [2.75, 3.05) is 12.8 Å². The van der Waals surface area contributed by atoms with Crippen LogP contribution >= 0.6 is 0 Å². The normalized spacial score (nSPS) is 10.1. The molecule has 4 nitrogen and oxygen atoms in total. The van der Waals surface area contributed by atoms with Gasteiger partial charge in [0, 0.05) is 11.8 Å². The molecule has 0 radical (unpaired) electrons. The molecule has 0 aliphatic carbocycles. The van der Waals surface area contributed by atoms with Gasteiger partial charge in [0.1, 0.15) is 11.6 Å². The number of methoxy groups -OCH3 is 1.